The lowest BCUT2D eigenvalue weighted by Gasteiger charge is -2.52. The van der Waals surface area contributed by atoms with Crippen molar-refractivity contribution in [3.63, 3.8) is 0 Å². The highest BCUT2D eigenvalue weighted by atomic mass is 32.2. The average Bonchev–Trinajstić information content (AvgIpc) is 3.03. The molecule has 0 aromatic rings. The smallest absolute Gasteiger partial charge is 0.225 e. The van der Waals surface area contributed by atoms with Gasteiger partial charge < -0.3 is 4.90 Å². The van der Waals surface area contributed by atoms with Gasteiger partial charge in [0.1, 0.15) is 0 Å². The SMILES string of the molecule is CCC1CCCCN1C(=O)C1CC2CCCC(C1)C21SCCS1. The van der Waals surface area contributed by atoms with E-state index < -0.39 is 0 Å². The van der Waals surface area contributed by atoms with Gasteiger partial charge in [0.15, 0.2) is 0 Å². The van der Waals surface area contributed by atoms with Crippen molar-refractivity contribution in [3.8, 4) is 0 Å². The fourth-order valence-corrected chi connectivity index (χ4v) is 9.70. The van der Waals surface area contributed by atoms with Gasteiger partial charge in [-0.2, -0.15) is 0 Å². The van der Waals surface area contributed by atoms with Crippen molar-refractivity contribution in [3.05, 3.63) is 0 Å². The summed E-state index contributed by atoms with van der Waals surface area (Å²) in [4.78, 5) is 15.6. The summed E-state index contributed by atoms with van der Waals surface area (Å²) in [5, 5.41) is 0. The number of carbonyl (C=O) groups excluding carboxylic acids is 1. The first kappa shape index (κ1) is 16.6. The van der Waals surface area contributed by atoms with Crippen LogP contribution in [0.2, 0.25) is 0 Å². The molecule has 23 heavy (non-hydrogen) atoms. The third kappa shape index (κ3) is 2.86. The van der Waals surface area contributed by atoms with Crippen molar-refractivity contribution in [2.75, 3.05) is 18.1 Å². The number of amides is 1. The van der Waals surface area contributed by atoms with E-state index in [1.807, 2.05) is 0 Å². The maximum Gasteiger partial charge on any atom is 0.225 e. The number of piperidine rings is 1. The van der Waals surface area contributed by atoms with E-state index in [1.165, 1.54) is 62.9 Å². The zero-order valence-electron chi connectivity index (χ0n) is 14.5. The van der Waals surface area contributed by atoms with Crippen LogP contribution in [0.4, 0.5) is 0 Å². The fraction of sp³-hybridized carbons (Fsp3) is 0.947. The van der Waals surface area contributed by atoms with Gasteiger partial charge in [0.25, 0.3) is 0 Å². The van der Waals surface area contributed by atoms with Crippen molar-refractivity contribution >= 4 is 29.4 Å². The lowest BCUT2D eigenvalue weighted by Crippen LogP contribution is -2.52. The number of likely N-dealkylation sites (tertiary alicyclic amines) is 1. The standard InChI is InChI=1S/C19H31NOS2/c1-2-17-8-3-4-9-20(17)18(21)14-12-15-6-5-7-16(13-14)19(15)22-10-11-23-19/h14-17H,2-13H2,1H3. The van der Waals surface area contributed by atoms with E-state index in [-0.39, 0.29) is 0 Å². The Morgan fingerprint density at radius 2 is 1.74 bits per heavy atom. The fourth-order valence-electron chi connectivity index (χ4n) is 5.76. The van der Waals surface area contributed by atoms with Gasteiger partial charge in [-0.25, -0.2) is 0 Å². The summed E-state index contributed by atoms with van der Waals surface area (Å²) in [6.45, 7) is 3.28. The monoisotopic (exact) mass is 353 g/mol. The Morgan fingerprint density at radius 1 is 1.04 bits per heavy atom. The van der Waals surface area contributed by atoms with E-state index in [4.69, 9.17) is 0 Å². The maximum atomic E-state index is 13.3. The van der Waals surface area contributed by atoms with Gasteiger partial charge in [0, 0.05) is 30.0 Å². The highest BCUT2D eigenvalue weighted by molar-refractivity contribution is 8.21. The van der Waals surface area contributed by atoms with E-state index in [9.17, 15) is 4.79 Å². The summed E-state index contributed by atoms with van der Waals surface area (Å²) in [6, 6.07) is 0.530. The van der Waals surface area contributed by atoms with Crippen molar-refractivity contribution in [2.24, 2.45) is 17.8 Å². The second-order valence-electron chi connectivity index (χ2n) is 8.00. The summed E-state index contributed by atoms with van der Waals surface area (Å²) >= 11 is 4.50. The molecule has 2 heterocycles. The van der Waals surface area contributed by atoms with Gasteiger partial charge >= 0.3 is 0 Å². The molecule has 3 atom stereocenters. The molecule has 4 aliphatic rings. The Morgan fingerprint density at radius 3 is 2.39 bits per heavy atom. The molecule has 4 fully saturated rings. The molecule has 2 aliphatic heterocycles. The Balaban J connectivity index is 1.49. The molecule has 4 heteroatoms. The Hall–Kier alpha value is 0.170. The second kappa shape index (κ2) is 6.82. The van der Waals surface area contributed by atoms with Gasteiger partial charge in [-0.1, -0.05) is 13.3 Å². The van der Waals surface area contributed by atoms with Crippen molar-refractivity contribution in [1.82, 2.24) is 4.90 Å². The topological polar surface area (TPSA) is 20.3 Å². The average molecular weight is 354 g/mol. The summed E-state index contributed by atoms with van der Waals surface area (Å²) in [6.07, 6.45) is 11.4. The molecule has 2 nitrogen and oxygen atoms in total. The summed E-state index contributed by atoms with van der Waals surface area (Å²) < 4.78 is 0.501. The first-order valence-corrected chi connectivity index (χ1v) is 11.8. The molecular weight excluding hydrogens is 322 g/mol. The molecule has 130 valence electrons. The van der Waals surface area contributed by atoms with Gasteiger partial charge in [-0.3, -0.25) is 4.79 Å². The maximum absolute atomic E-state index is 13.3. The van der Waals surface area contributed by atoms with Crippen LogP contribution in [-0.2, 0) is 4.79 Å². The molecule has 2 saturated heterocycles. The van der Waals surface area contributed by atoms with Crippen LogP contribution in [0.1, 0.15) is 64.7 Å². The van der Waals surface area contributed by atoms with Gasteiger partial charge in [-0.15, -0.1) is 23.5 Å². The molecule has 2 bridgehead atoms. The number of thioether (sulfide) groups is 2. The molecule has 0 N–H and O–H groups in total. The normalized spacial score (nSPS) is 39.6. The Kier molecular flexibility index (Phi) is 4.93. The minimum Gasteiger partial charge on any atom is -0.339 e. The second-order valence-corrected chi connectivity index (χ2v) is 11.0. The minimum atomic E-state index is 0.338. The highest BCUT2D eigenvalue weighted by Gasteiger charge is 2.55. The first-order valence-electron chi connectivity index (χ1n) is 9.83. The zero-order valence-corrected chi connectivity index (χ0v) is 16.1. The zero-order chi connectivity index (χ0) is 15.9. The lowest BCUT2D eigenvalue weighted by molar-refractivity contribution is -0.142. The third-order valence-electron chi connectivity index (χ3n) is 6.85. The largest absolute Gasteiger partial charge is 0.339 e. The van der Waals surface area contributed by atoms with E-state index in [1.54, 1.807) is 0 Å². The molecule has 0 aromatic heterocycles. The molecule has 2 aliphatic carbocycles. The van der Waals surface area contributed by atoms with E-state index in [0.29, 0.717) is 21.9 Å². The molecule has 1 amide bonds. The minimum absolute atomic E-state index is 0.338. The third-order valence-corrected chi connectivity index (χ3v) is 10.9. The summed E-state index contributed by atoms with van der Waals surface area (Å²) in [7, 11) is 0. The van der Waals surface area contributed by atoms with Gasteiger partial charge in [-0.05, 0) is 63.2 Å². The van der Waals surface area contributed by atoms with Crippen LogP contribution in [-0.4, -0.2) is 39.0 Å². The molecular formula is C19H31NOS2. The first-order chi connectivity index (χ1) is 11.2. The molecule has 0 radical (unpaired) electrons. The van der Waals surface area contributed by atoms with E-state index in [2.05, 4.69) is 35.3 Å². The molecule has 1 spiro atoms. The number of hydrogen-bond acceptors (Lipinski definition) is 3. The number of nitrogens with zero attached hydrogens (tertiary/aromatic N) is 1. The number of rotatable bonds is 2. The van der Waals surface area contributed by atoms with Gasteiger partial charge in [0.2, 0.25) is 5.91 Å². The van der Waals surface area contributed by atoms with Crippen molar-refractivity contribution in [2.45, 2.75) is 74.8 Å². The Bertz CT molecular complexity index is 433. The van der Waals surface area contributed by atoms with Crippen LogP contribution in [0.25, 0.3) is 0 Å². The van der Waals surface area contributed by atoms with Crippen molar-refractivity contribution < 1.29 is 4.79 Å². The summed E-state index contributed by atoms with van der Waals surface area (Å²) in [5.74, 6) is 5.12. The Labute approximate surface area is 149 Å². The number of hydrogen-bond donors (Lipinski definition) is 0. The van der Waals surface area contributed by atoms with Crippen LogP contribution in [0, 0.1) is 17.8 Å². The molecule has 3 unspecified atom stereocenters. The van der Waals surface area contributed by atoms with Crippen LogP contribution in [0.15, 0.2) is 0 Å². The quantitative estimate of drug-likeness (QED) is 0.712. The van der Waals surface area contributed by atoms with E-state index >= 15 is 0 Å². The van der Waals surface area contributed by atoms with Crippen LogP contribution < -0.4 is 0 Å². The predicted molar refractivity (Wildman–Crippen MR) is 101 cm³/mol. The van der Waals surface area contributed by atoms with Gasteiger partial charge in [0.05, 0.1) is 4.08 Å². The number of carbonyl (C=O) groups is 1. The molecule has 4 rings (SSSR count). The predicted octanol–water partition coefficient (Wildman–Crippen LogP) is 4.78. The highest BCUT2D eigenvalue weighted by Crippen LogP contribution is 2.64. The van der Waals surface area contributed by atoms with Crippen LogP contribution in [0.3, 0.4) is 0 Å². The van der Waals surface area contributed by atoms with E-state index in [0.717, 1.165) is 24.8 Å². The van der Waals surface area contributed by atoms with Crippen LogP contribution in [0.5, 0.6) is 0 Å². The molecule has 2 saturated carbocycles. The summed E-state index contributed by atoms with van der Waals surface area (Å²) in [5.41, 5.74) is 0. The van der Waals surface area contributed by atoms with Crippen molar-refractivity contribution in [1.29, 1.82) is 0 Å². The lowest BCUT2D eigenvalue weighted by atomic mass is 9.66. The van der Waals surface area contributed by atoms with Crippen LogP contribution >= 0.6 is 23.5 Å². The molecule has 0 aromatic carbocycles.